The average Bonchev–Trinajstić information content (AvgIpc) is 2.77. The fraction of sp³-hybridized carbons (Fsp3) is 0.240. The molecule has 0 fully saturated rings. The van der Waals surface area contributed by atoms with Crippen LogP contribution in [0, 0.1) is 6.92 Å². The Morgan fingerprint density at radius 3 is 2.44 bits per heavy atom. The third kappa shape index (κ3) is 6.31. The van der Waals surface area contributed by atoms with Crippen LogP contribution in [0.3, 0.4) is 0 Å². The quantitative estimate of drug-likeness (QED) is 0.401. The van der Waals surface area contributed by atoms with Crippen molar-refractivity contribution in [2.45, 2.75) is 19.9 Å². The summed E-state index contributed by atoms with van der Waals surface area (Å²) in [5.41, 5.74) is 3.67. The first-order valence-electron chi connectivity index (χ1n) is 10.2. The van der Waals surface area contributed by atoms with Crippen LogP contribution < -0.4 is 14.8 Å². The SMILES string of the molecule is COc1ccc(CN(CCc2ccc(Cl)cc2Cl)C(=O)Nc2cccc(C)c2)cc1OC. The number of methoxy groups -OCH3 is 2. The van der Waals surface area contributed by atoms with Crippen LogP contribution in [0.1, 0.15) is 16.7 Å². The number of amides is 2. The molecule has 0 atom stereocenters. The highest BCUT2D eigenvalue weighted by molar-refractivity contribution is 6.35. The summed E-state index contributed by atoms with van der Waals surface area (Å²) < 4.78 is 10.7. The van der Waals surface area contributed by atoms with Gasteiger partial charge in [-0.3, -0.25) is 0 Å². The maximum atomic E-state index is 13.2. The van der Waals surface area contributed by atoms with Crippen LogP contribution in [0.15, 0.2) is 60.7 Å². The van der Waals surface area contributed by atoms with E-state index in [2.05, 4.69) is 5.32 Å². The average molecular weight is 473 g/mol. The summed E-state index contributed by atoms with van der Waals surface area (Å²) in [5.74, 6) is 1.25. The molecule has 3 rings (SSSR count). The zero-order chi connectivity index (χ0) is 23.1. The summed E-state index contributed by atoms with van der Waals surface area (Å²) in [6.07, 6.45) is 0.588. The molecule has 0 heterocycles. The van der Waals surface area contributed by atoms with Gasteiger partial charge in [0.25, 0.3) is 0 Å². The summed E-state index contributed by atoms with van der Waals surface area (Å²) in [5, 5.41) is 4.16. The second-order valence-electron chi connectivity index (χ2n) is 7.40. The van der Waals surface area contributed by atoms with Gasteiger partial charge < -0.3 is 19.7 Å². The van der Waals surface area contributed by atoms with Gasteiger partial charge in [0.1, 0.15) is 0 Å². The predicted octanol–water partition coefficient (Wildman–Crippen LogP) is 6.60. The number of carbonyl (C=O) groups excluding carboxylic acids is 1. The maximum Gasteiger partial charge on any atom is 0.322 e. The highest BCUT2D eigenvalue weighted by Crippen LogP contribution is 2.28. The van der Waals surface area contributed by atoms with Crippen molar-refractivity contribution in [2.24, 2.45) is 0 Å². The molecule has 0 saturated heterocycles. The number of benzene rings is 3. The first kappa shape index (κ1) is 23.8. The fourth-order valence-corrected chi connectivity index (χ4v) is 3.86. The van der Waals surface area contributed by atoms with E-state index in [0.717, 1.165) is 22.4 Å². The maximum absolute atomic E-state index is 13.2. The lowest BCUT2D eigenvalue weighted by Crippen LogP contribution is -2.36. The van der Waals surface area contributed by atoms with Gasteiger partial charge in [-0.1, -0.05) is 47.5 Å². The molecule has 0 saturated carbocycles. The standard InChI is InChI=1S/C25H26Cl2N2O3/c1-17-5-4-6-21(13-17)28-25(30)29(12-11-19-8-9-20(26)15-22(19)27)16-18-7-10-23(31-2)24(14-18)32-3/h4-10,13-15H,11-12,16H2,1-3H3,(H,28,30). The molecule has 1 N–H and O–H groups in total. The fourth-order valence-electron chi connectivity index (χ4n) is 3.36. The molecule has 0 bridgehead atoms. The molecule has 7 heteroatoms. The number of rotatable bonds is 8. The summed E-state index contributed by atoms with van der Waals surface area (Å²) >= 11 is 12.4. The van der Waals surface area contributed by atoms with E-state index in [9.17, 15) is 4.79 Å². The van der Waals surface area contributed by atoms with Crippen LogP contribution in [-0.2, 0) is 13.0 Å². The predicted molar refractivity (Wildman–Crippen MR) is 130 cm³/mol. The van der Waals surface area contributed by atoms with Gasteiger partial charge in [0.2, 0.25) is 0 Å². The molecule has 0 aliphatic carbocycles. The number of ether oxygens (including phenoxy) is 2. The van der Waals surface area contributed by atoms with Crippen LogP contribution in [0.5, 0.6) is 11.5 Å². The summed E-state index contributed by atoms with van der Waals surface area (Å²) in [4.78, 5) is 14.9. The van der Waals surface area contributed by atoms with E-state index >= 15 is 0 Å². The van der Waals surface area contributed by atoms with Crippen LogP contribution in [0.2, 0.25) is 10.0 Å². The zero-order valence-corrected chi connectivity index (χ0v) is 19.8. The molecule has 0 aromatic heterocycles. The van der Waals surface area contributed by atoms with Gasteiger partial charge in [0, 0.05) is 28.8 Å². The number of aryl methyl sites for hydroxylation is 1. The normalized spacial score (nSPS) is 10.5. The number of carbonyl (C=O) groups is 1. The molecule has 0 aliphatic rings. The van der Waals surface area contributed by atoms with Crippen molar-refractivity contribution < 1.29 is 14.3 Å². The van der Waals surface area contributed by atoms with Crippen LogP contribution >= 0.6 is 23.2 Å². The third-order valence-corrected chi connectivity index (χ3v) is 5.63. The van der Waals surface area contributed by atoms with Gasteiger partial charge in [-0.05, 0) is 66.4 Å². The van der Waals surface area contributed by atoms with Crippen molar-refractivity contribution in [1.29, 1.82) is 0 Å². The van der Waals surface area contributed by atoms with Crippen molar-refractivity contribution in [1.82, 2.24) is 4.90 Å². The lowest BCUT2D eigenvalue weighted by atomic mass is 10.1. The summed E-state index contributed by atoms with van der Waals surface area (Å²) in [6.45, 7) is 2.84. The van der Waals surface area contributed by atoms with Crippen LogP contribution in [0.25, 0.3) is 0 Å². The first-order valence-corrected chi connectivity index (χ1v) is 10.9. The number of nitrogens with zero attached hydrogens (tertiary/aromatic N) is 1. The topological polar surface area (TPSA) is 50.8 Å². The lowest BCUT2D eigenvalue weighted by Gasteiger charge is -2.24. The van der Waals surface area contributed by atoms with Crippen LogP contribution in [-0.4, -0.2) is 31.7 Å². The summed E-state index contributed by atoms with van der Waals surface area (Å²) in [6, 6.07) is 18.5. The van der Waals surface area contributed by atoms with Crippen molar-refractivity contribution in [3.05, 3.63) is 87.4 Å². The van der Waals surface area contributed by atoms with Gasteiger partial charge >= 0.3 is 6.03 Å². The van der Waals surface area contributed by atoms with Crippen molar-refractivity contribution in [3.63, 3.8) is 0 Å². The molecular formula is C25H26Cl2N2O3. The molecule has 0 radical (unpaired) electrons. The van der Waals surface area contributed by atoms with E-state index in [1.54, 1.807) is 31.3 Å². The lowest BCUT2D eigenvalue weighted by molar-refractivity contribution is 0.209. The molecule has 0 aliphatic heterocycles. The van der Waals surface area contributed by atoms with Gasteiger partial charge in [-0.2, -0.15) is 0 Å². The molecule has 0 unspecified atom stereocenters. The van der Waals surface area contributed by atoms with Crippen molar-refractivity contribution in [3.8, 4) is 11.5 Å². The molecule has 3 aromatic carbocycles. The molecule has 0 spiro atoms. The Labute approximate surface area is 198 Å². The Bertz CT molecular complexity index is 1090. The number of halogens is 2. The minimum atomic E-state index is -0.199. The van der Waals surface area contributed by atoms with Gasteiger partial charge in [-0.25, -0.2) is 4.79 Å². The number of hydrogen-bond acceptors (Lipinski definition) is 3. The Hall–Kier alpha value is -2.89. The highest BCUT2D eigenvalue weighted by atomic mass is 35.5. The smallest absolute Gasteiger partial charge is 0.322 e. The Kier molecular flexibility index (Phi) is 8.26. The third-order valence-electron chi connectivity index (χ3n) is 5.04. The molecule has 2 amide bonds. The molecule has 32 heavy (non-hydrogen) atoms. The van der Waals surface area contributed by atoms with Crippen molar-refractivity contribution in [2.75, 3.05) is 26.1 Å². The number of anilines is 1. The first-order chi connectivity index (χ1) is 15.4. The molecular weight excluding hydrogens is 447 g/mol. The van der Waals surface area contributed by atoms with Crippen LogP contribution in [0.4, 0.5) is 10.5 Å². The minimum Gasteiger partial charge on any atom is -0.493 e. The second kappa shape index (κ2) is 11.1. The number of nitrogens with one attached hydrogen (secondary N) is 1. The van der Waals surface area contributed by atoms with E-state index < -0.39 is 0 Å². The van der Waals surface area contributed by atoms with E-state index in [1.165, 1.54) is 0 Å². The zero-order valence-electron chi connectivity index (χ0n) is 18.3. The van der Waals surface area contributed by atoms with E-state index in [1.807, 2.05) is 55.5 Å². The van der Waals surface area contributed by atoms with E-state index in [0.29, 0.717) is 41.1 Å². The largest absolute Gasteiger partial charge is 0.493 e. The van der Waals surface area contributed by atoms with E-state index in [-0.39, 0.29) is 6.03 Å². The van der Waals surface area contributed by atoms with E-state index in [4.69, 9.17) is 32.7 Å². The highest BCUT2D eigenvalue weighted by Gasteiger charge is 2.17. The summed E-state index contributed by atoms with van der Waals surface area (Å²) in [7, 11) is 3.18. The molecule has 168 valence electrons. The van der Waals surface area contributed by atoms with Crippen molar-refractivity contribution >= 4 is 34.9 Å². The Balaban J connectivity index is 1.81. The van der Waals surface area contributed by atoms with Gasteiger partial charge in [-0.15, -0.1) is 0 Å². The molecule has 3 aromatic rings. The van der Waals surface area contributed by atoms with Gasteiger partial charge in [0.05, 0.1) is 14.2 Å². The Morgan fingerprint density at radius 2 is 1.75 bits per heavy atom. The second-order valence-corrected chi connectivity index (χ2v) is 8.24. The molecule has 5 nitrogen and oxygen atoms in total. The number of hydrogen-bond donors (Lipinski definition) is 1. The minimum absolute atomic E-state index is 0.199. The Morgan fingerprint density at radius 1 is 0.969 bits per heavy atom. The monoisotopic (exact) mass is 472 g/mol. The van der Waals surface area contributed by atoms with Gasteiger partial charge in [0.15, 0.2) is 11.5 Å². The number of urea groups is 1.